The molecule has 1 aliphatic heterocycles. The van der Waals surface area contributed by atoms with Gasteiger partial charge in [-0.1, -0.05) is 11.6 Å². The number of nitrogens with zero attached hydrogens (tertiary/aromatic N) is 1. The third kappa shape index (κ3) is 3.05. The Morgan fingerprint density at radius 1 is 1.53 bits per heavy atom. The number of β-amino-alcohol motifs (C(OH)–C–C–N with tert-alkyl or cyclic N) is 1. The van der Waals surface area contributed by atoms with Crippen LogP contribution in [0.2, 0.25) is 5.02 Å². The minimum atomic E-state index is -1.30. The fourth-order valence-corrected chi connectivity index (χ4v) is 2.42. The smallest absolute Gasteiger partial charge is 0.256 e. The second-order valence-corrected chi connectivity index (χ2v) is 5.27. The van der Waals surface area contributed by atoms with Crippen LogP contribution in [0.25, 0.3) is 0 Å². The van der Waals surface area contributed by atoms with Crippen molar-refractivity contribution in [1.82, 2.24) is 4.90 Å². The van der Waals surface area contributed by atoms with Gasteiger partial charge in [0, 0.05) is 11.6 Å². The van der Waals surface area contributed by atoms with Gasteiger partial charge < -0.3 is 15.1 Å². The second-order valence-electron chi connectivity index (χ2n) is 4.84. The van der Waals surface area contributed by atoms with Crippen molar-refractivity contribution < 1.29 is 19.4 Å². The van der Waals surface area contributed by atoms with Crippen LogP contribution in [-0.4, -0.2) is 46.3 Å². The lowest BCUT2D eigenvalue weighted by molar-refractivity contribution is -0.0599. The monoisotopic (exact) mass is 287 g/mol. The van der Waals surface area contributed by atoms with E-state index >= 15 is 0 Å². The van der Waals surface area contributed by atoms with Gasteiger partial charge in [-0.2, -0.15) is 0 Å². The molecule has 0 aliphatic carbocycles. The molecule has 1 aromatic rings. The van der Waals surface area contributed by atoms with Gasteiger partial charge >= 0.3 is 0 Å². The summed E-state index contributed by atoms with van der Waals surface area (Å²) in [5, 5.41) is 19.4. The molecule has 19 heavy (non-hydrogen) atoms. The zero-order chi connectivity index (χ0) is 14.0. The minimum absolute atomic E-state index is 0.00567. The number of benzene rings is 1. The van der Waals surface area contributed by atoms with Crippen molar-refractivity contribution in [2.75, 3.05) is 19.7 Å². The van der Waals surface area contributed by atoms with Gasteiger partial charge in [0.15, 0.2) is 0 Å². The Balaban J connectivity index is 2.22. The summed E-state index contributed by atoms with van der Waals surface area (Å²) in [7, 11) is 0. The van der Waals surface area contributed by atoms with Gasteiger partial charge in [0.05, 0.1) is 18.7 Å². The molecule has 1 heterocycles. The van der Waals surface area contributed by atoms with Crippen molar-refractivity contribution in [2.24, 2.45) is 0 Å². The molecule has 1 fully saturated rings. The molecule has 0 aromatic heterocycles. The molecule has 0 bridgehead atoms. The number of aliphatic hydroxyl groups excluding tert-OH is 1. The molecule has 0 radical (unpaired) electrons. The van der Waals surface area contributed by atoms with Crippen molar-refractivity contribution in [1.29, 1.82) is 0 Å². The van der Waals surface area contributed by atoms with E-state index in [0.717, 1.165) is 6.07 Å². The fourth-order valence-electron chi connectivity index (χ4n) is 2.25. The van der Waals surface area contributed by atoms with Gasteiger partial charge in [-0.25, -0.2) is 4.39 Å². The maximum atomic E-state index is 13.6. The van der Waals surface area contributed by atoms with E-state index in [0.29, 0.717) is 19.4 Å². The quantitative estimate of drug-likeness (QED) is 0.865. The molecular weight excluding hydrogens is 273 g/mol. The highest BCUT2D eigenvalue weighted by Gasteiger charge is 2.35. The van der Waals surface area contributed by atoms with Gasteiger partial charge in [0.1, 0.15) is 11.4 Å². The van der Waals surface area contributed by atoms with Crippen LogP contribution in [0.1, 0.15) is 23.2 Å². The van der Waals surface area contributed by atoms with Crippen molar-refractivity contribution in [3.8, 4) is 0 Å². The van der Waals surface area contributed by atoms with Crippen LogP contribution in [0.4, 0.5) is 4.39 Å². The summed E-state index contributed by atoms with van der Waals surface area (Å²) < 4.78 is 13.6. The van der Waals surface area contributed by atoms with Crippen molar-refractivity contribution >= 4 is 17.5 Å². The van der Waals surface area contributed by atoms with Crippen LogP contribution in [0.3, 0.4) is 0 Å². The number of hydrogen-bond donors (Lipinski definition) is 2. The zero-order valence-corrected chi connectivity index (χ0v) is 11.0. The Kier molecular flexibility index (Phi) is 4.08. The van der Waals surface area contributed by atoms with Crippen molar-refractivity contribution in [3.05, 3.63) is 34.6 Å². The van der Waals surface area contributed by atoms with E-state index in [4.69, 9.17) is 16.7 Å². The van der Waals surface area contributed by atoms with E-state index in [1.165, 1.54) is 17.0 Å². The Bertz CT molecular complexity index is 497. The number of rotatable bonds is 2. The first kappa shape index (κ1) is 14.2. The normalized spacial score (nSPS) is 23.5. The van der Waals surface area contributed by atoms with Crippen LogP contribution < -0.4 is 0 Å². The van der Waals surface area contributed by atoms with Crippen LogP contribution in [0.15, 0.2) is 18.2 Å². The SMILES string of the molecule is O=C(c1cc(Cl)ccc1F)N1CCCC(O)(CO)C1. The summed E-state index contributed by atoms with van der Waals surface area (Å²) in [6.07, 6.45) is 0.982. The van der Waals surface area contributed by atoms with E-state index in [2.05, 4.69) is 0 Å². The van der Waals surface area contributed by atoms with Gasteiger partial charge in [-0.15, -0.1) is 0 Å². The first-order valence-electron chi connectivity index (χ1n) is 6.03. The molecule has 1 unspecified atom stereocenters. The number of hydrogen-bond acceptors (Lipinski definition) is 3. The van der Waals surface area contributed by atoms with Crippen molar-refractivity contribution in [2.45, 2.75) is 18.4 Å². The Morgan fingerprint density at radius 2 is 2.26 bits per heavy atom. The Hall–Kier alpha value is -1.17. The fraction of sp³-hybridized carbons (Fsp3) is 0.462. The molecule has 6 heteroatoms. The largest absolute Gasteiger partial charge is 0.393 e. The predicted molar refractivity (Wildman–Crippen MR) is 68.6 cm³/mol. The predicted octanol–water partition coefficient (Wildman–Crippen LogP) is 1.44. The number of carbonyl (C=O) groups is 1. The van der Waals surface area contributed by atoms with E-state index < -0.39 is 23.9 Å². The molecule has 4 nitrogen and oxygen atoms in total. The first-order valence-corrected chi connectivity index (χ1v) is 6.40. The third-order valence-corrected chi connectivity index (χ3v) is 3.53. The summed E-state index contributed by atoms with van der Waals surface area (Å²) in [5.41, 5.74) is -1.42. The molecule has 1 amide bonds. The highest BCUT2D eigenvalue weighted by atomic mass is 35.5. The maximum Gasteiger partial charge on any atom is 0.256 e. The molecule has 0 spiro atoms. The van der Waals surface area contributed by atoms with Gasteiger partial charge in [0.25, 0.3) is 5.91 Å². The van der Waals surface area contributed by atoms with Gasteiger partial charge in [0.2, 0.25) is 0 Å². The van der Waals surface area contributed by atoms with Crippen LogP contribution in [0, 0.1) is 5.82 Å². The van der Waals surface area contributed by atoms with E-state index in [-0.39, 0.29) is 17.1 Å². The summed E-state index contributed by atoms with van der Waals surface area (Å²) in [6, 6.07) is 3.78. The summed E-state index contributed by atoms with van der Waals surface area (Å²) >= 11 is 5.76. The molecule has 1 aromatic carbocycles. The summed E-state index contributed by atoms with van der Waals surface area (Å²) in [6.45, 7) is -0.00378. The lowest BCUT2D eigenvalue weighted by atomic mass is 9.93. The highest BCUT2D eigenvalue weighted by molar-refractivity contribution is 6.31. The standard InChI is InChI=1S/C13H15ClFNO3/c14-9-2-3-11(15)10(6-9)12(18)16-5-1-4-13(19,7-16)8-17/h2-3,6,17,19H,1,4-5,7-8H2. The number of aliphatic hydroxyl groups is 2. The summed E-state index contributed by atoms with van der Waals surface area (Å²) in [4.78, 5) is 13.6. The molecule has 1 saturated heterocycles. The molecule has 1 aliphatic rings. The third-order valence-electron chi connectivity index (χ3n) is 3.30. The number of halogens is 2. The lowest BCUT2D eigenvalue weighted by Gasteiger charge is -2.38. The number of amides is 1. The average Bonchev–Trinajstić information content (AvgIpc) is 2.41. The minimum Gasteiger partial charge on any atom is -0.393 e. The highest BCUT2D eigenvalue weighted by Crippen LogP contribution is 2.24. The topological polar surface area (TPSA) is 60.8 Å². The molecule has 0 saturated carbocycles. The van der Waals surface area contributed by atoms with Crippen LogP contribution in [-0.2, 0) is 0 Å². The van der Waals surface area contributed by atoms with Gasteiger partial charge in [-0.05, 0) is 31.0 Å². The molecule has 104 valence electrons. The van der Waals surface area contributed by atoms with E-state index in [1.54, 1.807) is 0 Å². The van der Waals surface area contributed by atoms with E-state index in [9.17, 15) is 14.3 Å². The molecular formula is C13H15ClFNO3. The van der Waals surface area contributed by atoms with Gasteiger partial charge in [-0.3, -0.25) is 4.79 Å². The summed E-state index contributed by atoms with van der Waals surface area (Å²) in [5.74, 6) is -1.17. The number of piperidine rings is 1. The molecule has 2 rings (SSSR count). The Morgan fingerprint density at radius 3 is 2.95 bits per heavy atom. The Labute approximate surface area is 115 Å². The average molecular weight is 288 g/mol. The van der Waals surface area contributed by atoms with E-state index in [1.807, 2.05) is 0 Å². The maximum absolute atomic E-state index is 13.6. The lowest BCUT2D eigenvalue weighted by Crippen LogP contribution is -2.52. The second kappa shape index (κ2) is 5.45. The number of likely N-dealkylation sites (tertiary alicyclic amines) is 1. The van der Waals surface area contributed by atoms with Crippen molar-refractivity contribution in [3.63, 3.8) is 0 Å². The zero-order valence-electron chi connectivity index (χ0n) is 10.3. The van der Waals surface area contributed by atoms with Crippen LogP contribution in [0.5, 0.6) is 0 Å². The molecule has 1 atom stereocenters. The number of carbonyl (C=O) groups excluding carboxylic acids is 1. The first-order chi connectivity index (χ1) is 8.95. The molecule has 2 N–H and O–H groups in total. The van der Waals surface area contributed by atoms with Crippen LogP contribution >= 0.6 is 11.6 Å².